The Morgan fingerprint density at radius 2 is 1.75 bits per heavy atom. The van der Waals surface area contributed by atoms with Crippen molar-refractivity contribution >= 4 is 35.1 Å². The molecule has 148 valence electrons. The monoisotopic (exact) mass is 419 g/mol. The van der Waals surface area contributed by atoms with Crippen LogP contribution in [-0.2, 0) is 13.2 Å². The van der Waals surface area contributed by atoms with E-state index >= 15 is 0 Å². The van der Waals surface area contributed by atoms with E-state index in [1.807, 2.05) is 23.6 Å². The summed E-state index contributed by atoms with van der Waals surface area (Å²) in [6.07, 6.45) is 0. The van der Waals surface area contributed by atoms with Crippen LogP contribution in [0.5, 0.6) is 5.75 Å². The predicted octanol–water partition coefficient (Wildman–Crippen LogP) is 4.86. The minimum atomic E-state index is -0.399. The molecule has 8 heteroatoms. The molecule has 0 spiro atoms. The first-order valence-corrected chi connectivity index (χ1v) is 9.52. The molecule has 0 fully saturated rings. The van der Waals surface area contributed by atoms with Crippen LogP contribution in [0.2, 0.25) is 0 Å². The normalized spacial score (nSPS) is 10.1. The first-order valence-electron chi connectivity index (χ1n) is 8.64. The number of anilines is 1. The SMILES string of the molecule is Cl.O=[N+]([O-])c1ccc(NCCNCc2ccc(OCc3cccs3)cc2)cc1. The molecule has 2 N–H and O–H groups in total. The fourth-order valence-corrected chi connectivity index (χ4v) is 3.10. The zero-order valence-corrected chi connectivity index (χ0v) is 16.8. The van der Waals surface area contributed by atoms with E-state index < -0.39 is 4.92 Å². The highest BCUT2D eigenvalue weighted by molar-refractivity contribution is 7.09. The largest absolute Gasteiger partial charge is 0.488 e. The maximum absolute atomic E-state index is 10.6. The van der Waals surface area contributed by atoms with Crippen molar-refractivity contribution in [1.29, 1.82) is 0 Å². The molecule has 0 aliphatic heterocycles. The summed E-state index contributed by atoms with van der Waals surface area (Å²) >= 11 is 1.69. The molecule has 0 aliphatic rings. The van der Waals surface area contributed by atoms with Gasteiger partial charge in [-0.25, -0.2) is 0 Å². The Bertz CT molecular complexity index is 840. The second-order valence-corrected chi connectivity index (χ2v) is 6.95. The number of nitrogens with zero attached hydrogens (tertiary/aromatic N) is 1. The Balaban J connectivity index is 0.00000280. The van der Waals surface area contributed by atoms with Crippen LogP contribution in [-0.4, -0.2) is 18.0 Å². The lowest BCUT2D eigenvalue weighted by Crippen LogP contribution is -2.21. The second-order valence-electron chi connectivity index (χ2n) is 5.92. The van der Waals surface area contributed by atoms with Gasteiger partial charge >= 0.3 is 0 Å². The maximum Gasteiger partial charge on any atom is 0.269 e. The smallest absolute Gasteiger partial charge is 0.269 e. The van der Waals surface area contributed by atoms with Crippen LogP contribution in [0.1, 0.15) is 10.4 Å². The second kappa shape index (κ2) is 11.3. The van der Waals surface area contributed by atoms with Crippen molar-refractivity contribution < 1.29 is 9.66 Å². The van der Waals surface area contributed by atoms with Crippen molar-refractivity contribution in [2.24, 2.45) is 0 Å². The van der Waals surface area contributed by atoms with Gasteiger partial charge in [0.15, 0.2) is 0 Å². The van der Waals surface area contributed by atoms with Gasteiger partial charge < -0.3 is 15.4 Å². The van der Waals surface area contributed by atoms with Gasteiger partial charge in [-0.15, -0.1) is 23.7 Å². The van der Waals surface area contributed by atoms with E-state index in [9.17, 15) is 10.1 Å². The number of hydrogen-bond donors (Lipinski definition) is 2. The van der Waals surface area contributed by atoms with Crippen molar-refractivity contribution in [2.45, 2.75) is 13.2 Å². The van der Waals surface area contributed by atoms with E-state index in [1.54, 1.807) is 23.5 Å². The fourth-order valence-electron chi connectivity index (χ4n) is 2.48. The quantitative estimate of drug-likeness (QED) is 0.279. The van der Waals surface area contributed by atoms with Crippen molar-refractivity contribution in [1.82, 2.24) is 5.32 Å². The lowest BCUT2D eigenvalue weighted by Gasteiger charge is -2.09. The number of rotatable bonds is 10. The van der Waals surface area contributed by atoms with Crippen molar-refractivity contribution in [3.63, 3.8) is 0 Å². The molecule has 0 amide bonds. The third-order valence-corrected chi connectivity index (χ3v) is 4.77. The van der Waals surface area contributed by atoms with Gasteiger partial charge in [0.1, 0.15) is 12.4 Å². The molecule has 0 unspecified atom stereocenters. The van der Waals surface area contributed by atoms with Crippen LogP contribution in [0.15, 0.2) is 66.0 Å². The molecule has 0 saturated heterocycles. The third-order valence-electron chi connectivity index (χ3n) is 3.92. The molecular weight excluding hydrogens is 398 g/mol. The van der Waals surface area contributed by atoms with E-state index in [0.29, 0.717) is 6.61 Å². The average Bonchev–Trinajstić information content (AvgIpc) is 3.21. The van der Waals surface area contributed by atoms with E-state index in [1.165, 1.54) is 22.6 Å². The molecule has 0 saturated carbocycles. The summed E-state index contributed by atoms with van der Waals surface area (Å²) < 4.78 is 5.76. The number of nitro groups is 1. The van der Waals surface area contributed by atoms with Gasteiger partial charge in [0, 0.05) is 42.3 Å². The molecular formula is C20H22ClN3O3S. The van der Waals surface area contributed by atoms with Crippen LogP contribution < -0.4 is 15.4 Å². The van der Waals surface area contributed by atoms with E-state index in [0.717, 1.165) is 31.1 Å². The number of hydrogen-bond acceptors (Lipinski definition) is 6. The number of halogens is 1. The van der Waals surface area contributed by atoms with Gasteiger partial charge in [0.25, 0.3) is 5.69 Å². The zero-order chi connectivity index (χ0) is 18.9. The number of ether oxygens (including phenoxy) is 1. The predicted molar refractivity (Wildman–Crippen MR) is 116 cm³/mol. The highest BCUT2D eigenvalue weighted by Crippen LogP contribution is 2.17. The number of nitrogens with one attached hydrogen (secondary N) is 2. The molecule has 3 aromatic rings. The van der Waals surface area contributed by atoms with Crippen LogP contribution >= 0.6 is 23.7 Å². The van der Waals surface area contributed by atoms with Crippen LogP contribution in [0.3, 0.4) is 0 Å². The van der Waals surface area contributed by atoms with Crippen molar-refractivity contribution in [3.05, 3.63) is 86.6 Å². The Morgan fingerprint density at radius 3 is 2.39 bits per heavy atom. The number of thiophene rings is 1. The summed E-state index contributed by atoms with van der Waals surface area (Å²) in [4.78, 5) is 11.4. The standard InChI is InChI=1S/C20H21N3O3S.ClH/c24-23(25)18-7-5-17(6-8-18)22-12-11-21-14-16-3-9-19(10-4-16)26-15-20-2-1-13-27-20;/h1-10,13,21-22H,11-12,14-15H2;1H. The molecule has 1 aromatic heterocycles. The molecule has 0 aliphatic carbocycles. The molecule has 0 radical (unpaired) electrons. The zero-order valence-electron chi connectivity index (χ0n) is 15.2. The summed E-state index contributed by atoms with van der Waals surface area (Å²) in [7, 11) is 0. The number of benzene rings is 2. The van der Waals surface area contributed by atoms with Gasteiger partial charge in [0.05, 0.1) is 4.92 Å². The highest BCUT2D eigenvalue weighted by atomic mass is 35.5. The summed E-state index contributed by atoms with van der Waals surface area (Å²) in [6, 6.07) is 18.6. The topological polar surface area (TPSA) is 76.4 Å². The lowest BCUT2D eigenvalue weighted by molar-refractivity contribution is -0.384. The highest BCUT2D eigenvalue weighted by Gasteiger charge is 2.03. The summed E-state index contributed by atoms with van der Waals surface area (Å²) in [6.45, 7) is 2.89. The molecule has 28 heavy (non-hydrogen) atoms. The lowest BCUT2D eigenvalue weighted by atomic mass is 10.2. The molecule has 0 bridgehead atoms. The van der Waals surface area contributed by atoms with Crippen molar-refractivity contribution in [2.75, 3.05) is 18.4 Å². The van der Waals surface area contributed by atoms with Gasteiger partial charge in [-0.2, -0.15) is 0 Å². The Hall–Kier alpha value is -2.61. The minimum Gasteiger partial charge on any atom is -0.488 e. The Kier molecular flexibility index (Phi) is 8.74. The first kappa shape index (κ1) is 21.7. The van der Waals surface area contributed by atoms with Gasteiger partial charge in [0.2, 0.25) is 0 Å². The van der Waals surface area contributed by atoms with Gasteiger partial charge in [-0.3, -0.25) is 10.1 Å². The molecule has 0 atom stereocenters. The first-order chi connectivity index (χ1) is 13.2. The van der Waals surface area contributed by atoms with Crippen LogP contribution in [0, 0.1) is 10.1 Å². The average molecular weight is 420 g/mol. The summed E-state index contributed by atoms with van der Waals surface area (Å²) in [5.74, 6) is 0.868. The Morgan fingerprint density at radius 1 is 1.00 bits per heavy atom. The minimum absolute atomic E-state index is 0. The van der Waals surface area contributed by atoms with E-state index in [2.05, 4.69) is 28.8 Å². The summed E-state index contributed by atoms with van der Waals surface area (Å²) in [5, 5.41) is 19.3. The molecule has 6 nitrogen and oxygen atoms in total. The third kappa shape index (κ3) is 6.84. The number of nitro benzene ring substituents is 1. The van der Waals surface area contributed by atoms with Crippen LogP contribution in [0.4, 0.5) is 11.4 Å². The summed E-state index contributed by atoms with van der Waals surface area (Å²) in [5.41, 5.74) is 2.16. The molecule has 2 aromatic carbocycles. The maximum atomic E-state index is 10.6. The molecule has 1 heterocycles. The van der Waals surface area contributed by atoms with Crippen molar-refractivity contribution in [3.8, 4) is 5.75 Å². The van der Waals surface area contributed by atoms with Gasteiger partial charge in [-0.05, 0) is 41.3 Å². The molecule has 3 rings (SSSR count). The Labute approximate surface area is 174 Å². The van der Waals surface area contributed by atoms with E-state index in [-0.39, 0.29) is 18.1 Å². The fraction of sp³-hybridized carbons (Fsp3) is 0.200. The van der Waals surface area contributed by atoms with E-state index in [4.69, 9.17) is 4.74 Å². The van der Waals surface area contributed by atoms with Gasteiger partial charge in [-0.1, -0.05) is 18.2 Å². The number of non-ortho nitro benzene ring substituents is 1. The van der Waals surface area contributed by atoms with Crippen LogP contribution in [0.25, 0.3) is 0 Å².